The summed E-state index contributed by atoms with van der Waals surface area (Å²) < 4.78 is 0. The molecule has 2 N–H and O–H groups in total. The van der Waals surface area contributed by atoms with Gasteiger partial charge in [0.2, 0.25) is 0 Å². The van der Waals surface area contributed by atoms with Gasteiger partial charge in [-0.05, 0) is 45.0 Å². The van der Waals surface area contributed by atoms with Crippen LogP contribution in [0.2, 0.25) is 0 Å². The largest absolute Gasteiger partial charge is 0.342 e. The van der Waals surface area contributed by atoms with Crippen molar-refractivity contribution in [3.05, 3.63) is 29.1 Å². The van der Waals surface area contributed by atoms with Crippen LogP contribution in [0.4, 0.5) is 0 Å². The Labute approximate surface area is 145 Å². The number of nitrogens with one attached hydrogen (secondary N) is 2. The summed E-state index contributed by atoms with van der Waals surface area (Å²) in [6, 6.07) is 4.81. The summed E-state index contributed by atoms with van der Waals surface area (Å²) in [5, 5.41) is 3.64. The first-order valence-corrected chi connectivity index (χ1v) is 9.12. The van der Waals surface area contributed by atoms with Gasteiger partial charge in [-0.3, -0.25) is 4.90 Å². The van der Waals surface area contributed by atoms with Crippen LogP contribution in [0.5, 0.6) is 0 Å². The lowest BCUT2D eigenvalue weighted by atomic mass is 10.1. The maximum atomic E-state index is 4.78. The van der Waals surface area contributed by atoms with Crippen LogP contribution in [0.1, 0.15) is 23.9 Å². The molecule has 5 heteroatoms. The number of H-pyrrole nitrogens is 1. The lowest BCUT2D eigenvalue weighted by Gasteiger charge is -2.34. The molecule has 24 heavy (non-hydrogen) atoms. The van der Waals surface area contributed by atoms with Gasteiger partial charge in [0.1, 0.15) is 5.82 Å². The maximum Gasteiger partial charge on any atom is 0.108 e. The van der Waals surface area contributed by atoms with E-state index in [1.165, 1.54) is 37.3 Å². The number of benzene rings is 1. The van der Waals surface area contributed by atoms with E-state index in [2.05, 4.69) is 60.1 Å². The standard InChI is InChI=1S/C19H31N5/c1-14-5-6-17-19(16(14)3)22-18(21-17)7-8-20-15(2)13-24-11-9-23(4)10-12-24/h5-6,15,20H,7-13H2,1-4H3,(H,21,22). The van der Waals surface area contributed by atoms with E-state index in [1.807, 2.05) is 0 Å². The minimum Gasteiger partial charge on any atom is -0.342 e. The quantitative estimate of drug-likeness (QED) is 0.850. The third-order valence-corrected chi connectivity index (χ3v) is 5.21. The molecule has 2 heterocycles. The van der Waals surface area contributed by atoms with Gasteiger partial charge in [0.25, 0.3) is 0 Å². The zero-order chi connectivity index (χ0) is 17.1. The van der Waals surface area contributed by atoms with Gasteiger partial charge in [-0.2, -0.15) is 0 Å². The first kappa shape index (κ1) is 17.4. The van der Waals surface area contributed by atoms with E-state index < -0.39 is 0 Å². The number of aromatic amines is 1. The number of fused-ring (bicyclic) bond motifs is 1. The van der Waals surface area contributed by atoms with Gasteiger partial charge in [-0.1, -0.05) is 6.07 Å². The van der Waals surface area contributed by atoms with Crippen molar-refractivity contribution >= 4 is 11.0 Å². The molecule has 1 aliphatic heterocycles. The average molecular weight is 329 g/mol. The van der Waals surface area contributed by atoms with Crippen molar-refractivity contribution in [1.82, 2.24) is 25.1 Å². The van der Waals surface area contributed by atoms with E-state index in [1.54, 1.807) is 0 Å². The molecule has 1 aromatic heterocycles. The van der Waals surface area contributed by atoms with Crippen LogP contribution in [0.3, 0.4) is 0 Å². The zero-order valence-corrected chi connectivity index (χ0v) is 15.5. The highest BCUT2D eigenvalue weighted by Gasteiger charge is 2.15. The van der Waals surface area contributed by atoms with Crippen molar-refractivity contribution in [2.45, 2.75) is 33.2 Å². The van der Waals surface area contributed by atoms with E-state index in [0.717, 1.165) is 36.4 Å². The smallest absolute Gasteiger partial charge is 0.108 e. The summed E-state index contributed by atoms with van der Waals surface area (Å²) in [6.07, 6.45) is 0.945. The Kier molecular flexibility index (Phi) is 5.54. The predicted octanol–water partition coefficient (Wildman–Crippen LogP) is 1.95. The van der Waals surface area contributed by atoms with Crippen molar-refractivity contribution in [2.24, 2.45) is 0 Å². The predicted molar refractivity (Wildman–Crippen MR) is 101 cm³/mol. The molecule has 2 aromatic rings. The first-order chi connectivity index (χ1) is 11.5. The Bertz CT molecular complexity index is 670. The number of nitrogens with zero attached hydrogens (tertiary/aromatic N) is 3. The summed E-state index contributed by atoms with van der Waals surface area (Å²) in [5.74, 6) is 1.08. The van der Waals surface area contributed by atoms with E-state index >= 15 is 0 Å². The molecule has 0 saturated carbocycles. The molecule has 3 rings (SSSR count). The molecule has 0 bridgehead atoms. The summed E-state index contributed by atoms with van der Waals surface area (Å²) >= 11 is 0. The van der Waals surface area contributed by atoms with E-state index in [9.17, 15) is 0 Å². The fraction of sp³-hybridized carbons (Fsp3) is 0.632. The number of likely N-dealkylation sites (N-methyl/N-ethyl adjacent to an activating group) is 1. The molecule has 132 valence electrons. The molecule has 0 amide bonds. The highest BCUT2D eigenvalue weighted by molar-refractivity contribution is 5.79. The molecule has 0 spiro atoms. The van der Waals surface area contributed by atoms with Crippen molar-refractivity contribution in [2.75, 3.05) is 46.3 Å². The zero-order valence-electron chi connectivity index (χ0n) is 15.5. The molecule has 1 unspecified atom stereocenters. The summed E-state index contributed by atoms with van der Waals surface area (Å²) in [5.41, 5.74) is 4.86. The number of imidazole rings is 1. The molecule has 1 saturated heterocycles. The van der Waals surface area contributed by atoms with Gasteiger partial charge in [0.15, 0.2) is 0 Å². The number of piperazine rings is 1. The lowest BCUT2D eigenvalue weighted by Crippen LogP contribution is -2.49. The monoisotopic (exact) mass is 329 g/mol. The molecule has 0 aliphatic carbocycles. The van der Waals surface area contributed by atoms with Gasteiger partial charge >= 0.3 is 0 Å². The Morgan fingerprint density at radius 2 is 1.96 bits per heavy atom. The van der Waals surface area contributed by atoms with Crippen molar-refractivity contribution in [3.8, 4) is 0 Å². The van der Waals surface area contributed by atoms with Crippen LogP contribution in [0, 0.1) is 13.8 Å². The van der Waals surface area contributed by atoms with Crippen molar-refractivity contribution in [3.63, 3.8) is 0 Å². The molecular weight excluding hydrogens is 298 g/mol. The van der Waals surface area contributed by atoms with Crippen LogP contribution in [0.25, 0.3) is 11.0 Å². The Hall–Kier alpha value is -1.43. The first-order valence-electron chi connectivity index (χ1n) is 9.12. The lowest BCUT2D eigenvalue weighted by molar-refractivity contribution is 0.144. The SMILES string of the molecule is Cc1ccc2[nH]c(CCNC(C)CN3CCN(C)CC3)nc2c1C. The van der Waals surface area contributed by atoms with Crippen LogP contribution in [0.15, 0.2) is 12.1 Å². The van der Waals surface area contributed by atoms with Gasteiger partial charge in [-0.15, -0.1) is 0 Å². The van der Waals surface area contributed by atoms with Gasteiger partial charge in [0.05, 0.1) is 11.0 Å². The normalized spacial score (nSPS) is 18.3. The molecule has 1 atom stereocenters. The molecular formula is C19H31N5. The van der Waals surface area contributed by atoms with Crippen molar-refractivity contribution in [1.29, 1.82) is 0 Å². The minimum absolute atomic E-state index is 0.516. The van der Waals surface area contributed by atoms with E-state index in [4.69, 9.17) is 4.98 Å². The van der Waals surface area contributed by atoms with Gasteiger partial charge in [0, 0.05) is 51.7 Å². The summed E-state index contributed by atoms with van der Waals surface area (Å²) in [4.78, 5) is 13.2. The Morgan fingerprint density at radius 1 is 1.21 bits per heavy atom. The number of hydrogen-bond acceptors (Lipinski definition) is 4. The number of aromatic nitrogens is 2. The van der Waals surface area contributed by atoms with Crippen LogP contribution in [-0.4, -0.2) is 72.1 Å². The number of hydrogen-bond donors (Lipinski definition) is 2. The summed E-state index contributed by atoms with van der Waals surface area (Å²) in [7, 11) is 2.20. The van der Waals surface area contributed by atoms with Crippen LogP contribution >= 0.6 is 0 Å². The fourth-order valence-electron chi connectivity index (χ4n) is 3.40. The highest BCUT2D eigenvalue weighted by Crippen LogP contribution is 2.19. The fourth-order valence-corrected chi connectivity index (χ4v) is 3.40. The van der Waals surface area contributed by atoms with E-state index in [-0.39, 0.29) is 0 Å². The molecule has 5 nitrogen and oxygen atoms in total. The highest BCUT2D eigenvalue weighted by atomic mass is 15.3. The molecule has 1 fully saturated rings. The van der Waals surface area contributed by atoms with Crippen LogP contribution in [-0.2, 0) is 6.42 Å². The second-order valence-corrected chi connectivity index (χ2v) is 7.30. The topological polar surface area (TPSA) is 47.2 Å². The third kappa shape index (κ3) is 4.15. The number of aryl methyl sites for hydroxylation is 2. The Balaban J connectivity index is 1.47. The average Bonchev–Trinajstić information content (AvgIpc) is 2.97. The second kappa shape index (κ2) is 7.64. The Morgan fingerprint density at radius 3 is 2.71 bits per heavy atom. The third-order valence-electron chi connectivity index (χ3n) is 5.21. The van der Waals surface area contributed by atoms with E-state index in [0.29, 0.717) is 6.04 Å². The molecule has 0 radical (unpaired) electrons. The molecule has 1 aromatic carbocycles. The number of rotatable bonds is 6. The minimum atomic E-state index is 0.516. The second-order valence-electron chi connectivity index (χ2n) is 7.30. The maximum absolute atomic E-state index is 4.78. The van der Waals surface area contributed by atoms with Crippen LogP contribution < -0.4 is 5.32 Å². The van der Waals surface area contributed by atoms with Gasteiger partial charge in [-0.25, -0.2) is 4.98 Å². The summed E-state index contributed by atoms with van der Waals surface area (Å²) in [6.45, 7) is 13.4. The molecule has 1 aliphatic rings. The van der Waals surface area contributed by atoms with Crippen molar-refractivity contribution < 1.29 is 0 Å². The van der Waals surface area contributed by atoms with Gasteiger partial charge < -0.3 is 15.2 Å².